The zero-order valence-electron chi connectivity index (χ0n) is 16.0. The molecule has 0 aliphatic heterocycles. The fourth-order valence-electron chi connectivity index (χ4n) is 3.04. The van der Waals surface area contributed by atoms with Crippen molar-refractivity contribution in [2.75, 3.05) is 17.7 Å². The molecule has 0 aliphatic carbocycles. The van der Waals surface area contributed by atoms with Crippen LogP contribution in [0.4, 0.5) is 23.0 Å². The summed E-state index contributed by atoms with van der Waals surface area (Å²) in [5.41, 5.74) is 1.51. The first-order valence-corrected chi connectivity index (χ1v) is 9.21. The molecule has 0 spiro atoms. The molecule has 0 unspecified atom stereocenters. The van der Waals surface area contributed by atoms with E-state index >= 15 is 0 Å². The smallest absolute Gasteiger partial charge is 0.277 e. The summed E-state index contributed by atoms with van der Waals surface area (Å²) in [5, 5.41) is 19.1. The van der Waals surface area contributed by atoms with Crippen LogP contribution in [0.3, 0.4) is 0 Å². The maximum absolute atomic E-state index is 12.6. The van der Waals surface area contributed by atoms with Crippen LogP contribution in [0.25, 0.3) is 11.0 Å². The number of nitrogens with zero attached hydrogens (tertiary/aromatic N) is 4. The minimum Gasteiger partial charge on any atom is -0.493 e. The minimum absolute atomic E-state index is 0.239. The number of nitriles is 1. The number of nitrogens with one attached hydrogen (secondary N) is 3. The average Bonchev–Trinajstić information content (AvgIpc) is 3.02. The maximum atomic E-state index is 12.6. The molecule has 0 radical (unpaired) electrons. The van der Waals surface area contributed by atoms with Crippen LogP contribution < -0.4 is 20.9 Å². The van der Waals surface area contributed by atoms with E-state index in [1.807, 2.05) is 6.07 Å². The van der Waals surface area contributed by atoms with Crippen molar-refractivity contribution in [2.24, 2.45) is 7.05 Å². The van der Waals surface area contributed by atoms with Crippen molar-refractivity contribution < 1.29 is 4.74 Å². The maximum Gasteiger partial charge on any atom is 0.277 e. The van der Waals surface area contributed by atoms with Crippen LogP contribution in [0, 0.1) is 11.3 Å². The SMILES string of the molecule is COc1c(Cl)cccc1Nc1cc(Nc2cccc(C#N)n2)nc2[nH]n(C)c(=O)c12. The molecule has 0 fully saturated rings. The first-order chi connectivity index (χ1) is 14.5. The first kappa shape index (κ1) is 19.3. The number of aromatic amines is 1. The van der Waals surface area contributed by atoms with Gasteiger partial charge in [0.15, 0.2) is 11.4 Å². The van der Waals surface area contributed by atoms with Crippen molar-refractivity contribution in [1.82, 2.24) is 19.7 Å². The highest BCUT2D eigenvalue weighted by Gasteiger charge is 2.16. The number of H-pyrrole nitrogens is 1. The summed E-state index contributed by atoms with van der Waals surface area (Å²) in [6, 6.07) is 14.0. The second-order valence-electron chi connectivity index (χ2n) is 6.35. The van der Waals surface area contributed by atoms with E-state index in [1.54, 1.807) is 49.5 Å². The molecule has 0 atom stereocenters. The van der Waals surface area contributed by atoms with Gasteiger partial charge in [0.2, 0.25) is 0 Å². The largest absolute Gasteiger partial charge is 0.493 e. The molecule has 150 valence electrons. The van der Waals surface area contributed by atoms with Gasteiger partial charge < -0.3 is 15.4 Å². The van der Waals surface area contributed by atoms with E-state index < -0.39 is 0 Å². The number of fused-ring (bicyclic) bond motifs is 1. The third kappa shape index (κ3) is 3.52. The van der Waals surface area contributed by atoms with Crippen LogP contribution in [0.2, 0.25) is 5.02 Å². The van der Waals surface area contributed by atoms with Crippen LogP contribution >= 0.6 is 11.6 Å². The number of pyridine rings is 2. The summed E-state index contributed by atoms with van der Waals surface area (Å²) in [4.78, 5) is 21.3. The molecule has 0 saturated carbocycles. The third-order valence-corrected chi connectivity index (χ3v) is 4.67. The molecule has 30 heavy (non-hydrogen) atoms. The second-order valence-corrected chi connectivity index (χ2v) is 6.75. The summed E-state index contributed by atoms with van der Waals surface area (Å²) in [7, 11) is 3.13. The van der Waals surface area contributed by atoms with Crippen LogP contribution in [-0.4, -0.2) is 26.9 Å². The number of para-hydroxylation sites is 1. The Morgan fingerprint density at radius 1 is 1.13 bits per heavy atom. The fourth-order valence-corrected chi connectivity index (χ4v) is 3.29. The van der Waals surface area contributed by atoms with Gasteiger partial charge in [-0.25, -0.2) is 9.97 Å². The van der Waals surface area contributed by atoms with Crippen LogP contribution in [-0.2, 0) is 7.05 Å². The summed E-state index contributed by atoms with van der Waals surface area (Å²) in [6.45, 7) is 0. The normalized spacial score (nSPS) is 10.6. The van der Waals surface area contributed by atoms with Gasteiger partial charge in [-0.15, -0.1) is 0 Å². The lowest BCUT2D eigenvalue weighted by molar-refractivity contribution is 0.417. The average molecular weight is 422 g/mol. The molecule has 1 aromatic carbocycles. The number of hydrogen-bond acceptors (Lipinski definition) is 7. The molecule has 3 heterocycles. The van der Waals surface area contributed by atoms with E-state index in [2.05, 4.69) is 25.7 Å². The number of halogens is 1. The highest BCUT2D eigenvalue weighted by Crippen LogP contribution is 2.36. The Morgan fingerprint density at radius 3 is 2.70 bits per heavy atom. The predicted molar refractivity (Wildman–Crippen MR) is 115 cm³/mol. The van der Waals surface area contributed by atoms with Gasteiger partial charge in [0.1, 0.15) is 28.8 Å². The van der Waals surface area contributed by atoms with E-state index in [0.29, 0.717) is 44.8 Å². The number of hydrogen-bond donors (Lipinski definition) is 3. The van der Waals surface area contributed by atoms with E-state index in [-0.39, 0.29) is 11.3 Å². The third-order valence-electron chi connectivity index (χ3n) is 4.37. The summed E-state index contributed by atoms with van der Waals surface area (Å²) in [6.07, 6.45) is 0. The second kappa shape index (κ2) is 7.77. The molecular weight excluding hydrogens is 406 g/mol. The molecule has 3 aromatic heterocycles. The van der Waals surface area contributed by atoms with E-state index in [4.69, 9.17) is 21.6 Å². The number of rotatable bonds is 5. The Labute approximate surface area is 175 Å². The van der Waals surface area contributed by atoms with Crippen molar-refractivity contribution in [3.05, 3.63) is 63.5 Å². The number of methoxy groups -OCH3 is 1. The fraction of sp³-hybridized carbons (Fsp3) is 0.100. The Kier molecular flexibility index (Phi) is 5.00. The molecule has 0 bridgehead atoms. The zero-order valence-corrected chi connectivity index (χ0v) is 16.8. The lowest BCUT2D eigenvalue weighted by Gasteiger charge is -2.14. The van der Waals surface area contributed by atoms with Crippen molar-refractivity contribution in [2.45, 2.75) is 0 Å². The molecule has 3 N–H and O–H groups in total. The van der Waals surface area contributed by atoms with Gasteiger partial charge in [-0.1, -0.05) is 23.7 Å². The molecule has 4 aromatic rings. The van der Waals surface area contributed by atoms with E-state index in [9.17, 15) is 4.79 Å². The van der Waals surface area contributed by atoms with E-state index in [1.165, 1.54) is 11.8 Å². The van der Waals surface area contributed by atoms with Gasteiger partial charge >= 0.3 is 0 Å². The number of anilines is 4. The van der Waals surface area contributed by atoms with Gasteiger partial charge in [-0.05, 0) is 24.3 Å². The van der Waals surface area contributed by atoms with E-state index in [0.717, 1.165) is 0 Å². The standard InChI is InChI=1S/C20H16ClN7O2/c1-28-20(29)17-14(24-13-7-4-6-12(21)18(13)30-2)9-16(26-19(17)27-28)25-15-8-3-5-11(10-22)23-15/h3-9H,1-2H3,(H3,23,24,25,26,27). The van der Waals surface area contributed by atoms with Crippen LogP contribution in [0.5, 0.6) is 5.75 Å². The Morgan fingerprint density at radius 2 is 1.93 bits per heavy atom. The summed E-state index contributed by atoms with van der Waals surface area (Å²) < 4.78 is 6.73. The molecule has 4 rings (SSSR count). The Hall–Kier alpha value is -4.03. The molecule has 10 heteroatoms. The highest BCUT2D eigenvalue weighted by atomic mass is 35.5. The van der Waals surface area contributed by atoms with Gasteiger partial charge in [0.25, 0.3) is 5.56 Å². The number of ether oxygens (including phenoxy) is 1. The molecular formula is C20H16ClN7O2. The van der Waals surface area contributed by atoms with Crippen molar-refractivity contribution in [1.29, 1.82) is 5.26 Å². The number of aromatic nitrogens is 4. The predicted octanol–water partition coefficient (Wildman–Crippen LogP) is 3.68. The first-order valence-electron chi connectivity index (χ1n) is 8.83. The van der Waals surface area contributed by atoms with Gasteiger partial charge in [-0.2, -0.15) is 5.26 Å². The van der Waals surface area contributed by atoms with Gasteiger partial charge in [0, 0.05) is 13.1 Å². The quantitative estimate of drug-likeness (QED) is 0.449. The van der Waals surface area contributed by atoms with Crippen molar-refractivity contribution in [3.8, 4) is 11.8 Å². The summed E-state index contributed by atoms with van der Waals surface area (Å²) >= 11 is 6.22. The molecule has 0 aliphatic rings. The Bertz CT molecular complexity index is 1350. The van der Waals surface area contributed by atoms with Crippen LogP contribution in [0.1, 0.15) is 5.69 Å². The number of aryl methyl sites for hydroxylation is 1. The van der Waals surface area contributed by atoms with Gasteiger partial charge in [0.05, 0.1) is 23.5 Å². The lowest BCUT2D eigenvalue weighted by Crippen LogP contribution is -2.12. The van der Waals surface area contributed by atoms with Crippen molar-refractivity contribution in [3.63, 3.8) is 0 Å². The lowest BCUT2D eigenvalue weighted by atomic mass is 10.2. The summed E-state index contributed by atoms with van der Waals surface area (Å²) in [5.74, 6) is 1.33. The highest BCUT2D eigenvalue weighted by molar-refractivity contribution is 6.32. The topological polar surface area (TPSA) is 121 Å². The number of benzene rings is 1. The monoisotopic (exact) mass is 421 g/mol. The minimum atomic E-state index is -0.239. The van der Waals surface area contributed by atoms with Crippen LogP contribution in [0.15, 0.2) is 47.3 Å². The molecule has 0 amide bonds. The molecule has 9 nitrogen and oxygen atoms in total. The Balaban J connectivity index is 1.83. The van der Waals surface area contributed by atoms with Crippen molar-refractivity contribution >= 4 is 45.6 Å². The molecule has 0 saturated heterocycles. The van der Waals surface area contributed by atoms with Gasteiger partial charge in [-0.3, -0.25) is 14.6 Å². The zero-order chi connectivity index (χ0) is 21.3.